The minimum Gasteiger partial charge on any atom is -0.507 e. The van der Waals surface area contributed by atoms with E-state index in [1.165, 1.54) is 0 Å². The van der Waals surface area contributed by atoms with E-state index in [0.29, 0.717) is 12.1 Å². The SMILES string of the molecule is CCN(CC)CCCN1C(=O)C(=O)/C(=C(/O)c2ccc3c(c2)CC(C)O3)C1c1ccncc1. The molecule has 1 N–H and O–H groups in total. The van der Waals surface area contributed by atoms with Gasteiger partial charge in [0.25, 0.3) is 11.7 Å². The van der Waals surface area contributed by atoms with Crippen molar-refractivity contribution in [2.75, 3.05) is 26.2 Å². The molecule has 1 fully saturated rings. The number of fused-ring (bicyclic) bond motifs is 1. The van der Waals surface area contributed by atoms with E-state index < -0.39 is 17.7 Å². The predicted octanol–water partition coefficient (Wildman–Crippen LogP) is 3.56. The summed E-state index contributed by atoms with van der Waals surface area (Å²) in [5, 5.41) is 11.3. The third kappa shape index (κ3) is 4.50. The molecule has 1 amide bonds. The van der Waals surface area contributed by atoms with Gasteiger partial charge in [0.05, 0.1) is 11.6 Å². The minimum atomic E-state index is -0.651. The quantitative estimate of drug-likeness (QED) is 0.377. The predicted molar refractivity (Wildman–Crippen MR) is 126 cm³/mol. The Hall–Kier alpha value is -3.19. The Morgan fingerprint density at radius 1 is 1.18 bits per heavy atom. The monoisotopic (exact) mass is 449 g/mol. The first-order valence-electron chi connectivity index (χ1n) is 11.6. The second kappa shape index (κ2) is 9.75. The van der Waals surface area contributed by atoms with Crippen molar-refractivity contribution in [3.05, 3.63) is 65.0 Å². The highest BCUT2D eigenvalue weighted by Crippen LogP contribution is 2.40. The standard InChI is InChI=1S/C26H31N3O4/c1-4-28(5-2)13-6-14-29-23(18-9-11-27-12-10-18)22(25(31)26(29)32)24(30)19-7-8-21-20(16-19)15-17(3)33-21/h7-12,16-17,23,30H,4-6,13-15H2,1-3H3/b24-22+. The lowest BCUT2D eigenvalue weighted by molar-refractivity contribution is -0.140. The van der Waals surface area contributed by atoms with Crippen LogP contribution in [0.1, 0.15) is 49.9 Å². The van der Waals surface area contributed by atoms with Crippen molar-refractivity contribution < 1.29 is 19.4 Å². The number of Topliss-reactive ketones (excluding diaryl/α,β-unsaturated/α-hetero) is 1. The van der Waals surface area contributed by atoms with E-state index in [2.05, 4.69) is 23.7 Å². The van der Waals surface area contributed by atoms with Gasteiger partial charge in [-0.1, -0.05) is 13.8 Å². The highest BCUT2D eigenvalue weighted by atomic mass is 16.5. The van der Waals surface area contributed by atoms with Crippen molar-refractivity contribution >= 4 is 17.4 Å². The first-order valence-corrected chi connectivity index (χ1v) is 11.6. The highest BCUT2D eigenvalue weighted by Gasteiger charge is 2.45. The third-order valence-electron chi connectivity index (χ3n) is 6.50. The molecule has 1 aromatic heterocycles. The number of hydrogen-bond donors (Lipinski definition) is 1. The summed E-state index contributed by atoms with van der Waals surface area (Å²) < 4.78 is 5.76. The highest BCUT2D eigenvalue weighted by molar-refractivity contribution is 6.46. The molecule has 0 bridgehead atoms. The zero-order valence-electron chi connectivity index (χ0n) is 19.5. The molecule has 2 aliphatic heterocycles. The summed E-state index contributed by atoms with van der Waals surface area (Å²) in [5.74, 6) is -0.580. The molecule has 7 heteroatoms. The average molecular weight is 450 g/mol. The van der Waals surface area contributed by atoms with Gasteiger partial charge in [-0.15, -0.1) is 0 Å². The lowest BCUT2D eigenvalue weighted by atomic mass is 9.95. The van der Waals surface area contributed by atoms with Crippen molar-refractivity contribution in [2.45, 2.75) is 45.8 Å². The van der Waals surface area contributed by atoms with Crippen molar-refractivity contribution in [3.63, 3.8) is 0 Å². The Bertz CT molecular complexity index is 1060. The van der Waals surface area contributed by atoms with Gasteiger partial charge in [0.1, 0.15) is 17.6 Å². The number of carbonyl (C=O) groups is 2. The molecule has 0 radical (unpaired) electrons. The number of carbonyl (C=O) groups excluding carboxylic acids is 2. The zero-order chi connectivity index (χ0) is 23.5. The molecule has 174 valence electrons. The maximum atomic E-state index is 13.1. The molecule has 2 aliphatic rings. The molecule has 7 nitrogen and oxygen atoms in total. The molecular formula is C26H31N3O4. The Morgan fingerprint density at radius 2 is 1.91 bits per heavy atom. The number of benzene rings is 1. The van der Waals surface area contributed by atoms with Gasteiger partial charge in [0.2, 0.25) is 0 Å². The number of ether oxygens (including phenoxy) is 1. The number of aliphatic hydroxyl groups is 1. The number of aromatic nitrogens is 1. The van der Waals surface area contributed by atoms with Crippen LogP contribution in [0.4, 0.5) is 0 Å². The van der Waals surface area contributed by atoms with Crippen LogP contribution in [-0.2, 0) is 16.0 Å². The fourth-order valence-corrected chi connectivity index (χ4v) is 4.73. The van der Waals surface area contributed by atoms with E-state index in [1.807, 2.05) is 19.1 Å². The van der Waals surface area contributed by atoms with E-state index in [9.17, 15) is 14.7 Å². The summed E-state index contributed by atoms with van der Waals surface area (Å²) >= 11 is 0. The molecule has 0 saturated carbocycles. The third-order valence-corrected chi connectivity index (χ3v) is 6.50. The Labute approximate surface area is 194 Å². The molecule has 0 spiro atoms. The topological polar surface area (TPSA) is 83.0 Å². The number of ketones is 1. The summed E-state index contributed by atoms with van der Waals surface area (Å²) in [6.45, 7) is 9.34. The van der Waals surface area contributed by atoms with E-state index in [4.69, 9.17) is 4.74 Å². The lowest BCUT2D eigenvalue weighted by Crippen LogP contribution is -2.33. The van der Waals surface area contributed by atoms with Crippen LogP contribution in [0, 0.1) is 0 Å². The van der Waals surface area contributed by atoms with Crippen molar-refractivity contribution in [1.82, 2.24) is 14.8 Å². The van der Waals surface area contributed by atoms with Crippen LogP contribution in [-0.4, -0.2) is 63.9 Å². The first-order chi connectivity index (χ1) is 15.9. The average Bonchev–Trinajstić information content (AvgIpc) is 3.32. The summed E-state index contributed by atoms with van der Waals surface area (Å²) in [6.07, 6.45) is 4.83. The van der Waals surface area contributed by atoms with Crippen LogP contribution >= 0.6 is 0 Å². The van der Waals surface area contributed by atoms with Gasteiger partial charge in [0, 0.05) is 30.9 Å². The molecular weight excluding hydrogens is 418 g/mol. The van der Waals surface area contributed by atoms with E-state index in [-0.39, 0.29) is 17.4 Å². The maximum Gasteiger partial charge on any atom is 0.295 e. The number of hydrogen-bond acceptors (Lipinski definition) is 6. The number of rotatable bonds is 8. The normalized spacial score (nSPS) is 21.5. The van der Waals surface area contributed by atoms with Gasteiger partial charge >= 0.3 is 0 Å². The van der Waals surface area contributed by atoms with Crippen LogP contribution < -0.4 is 4.74 Å². The zero-order valence-corrected chi connectivity index (χ0v) is 19.5. The lowest BCUT2D eigenvalue weighted by Gasteiger charge is -2.26. The molecule has 0 aliphatic carbocycles. The van der Waals surface area contributed by atoms with E-state index >= 15 is 0 Å². The molecule has 2 aromatic rings. The summed E-state index contributed by atoms with van der Waals surface area (Å²) in [6, 6.07) is 8.34. The number of likely N-dealkylation sites (tertiary alicyclic amines) is 1. The smallest absolute Gasteiger partial charge is 0.295 e. The van der Waals surface area contributed by atoms with Crippen LogP contribution in [0.2, 0.25) is 0 Å². The molecule has 2 atom stereocenters. The molecule has 33 heavy (non-hydrogen) atoms. The number of pyridine rings is 1. The Balaban J connectivity index is 1.71. The van der Waals surface area contributed by atoms with E-state index in [1.54, 1.807) is 35.5 Å². The second-order valence-corrected chi connectivity index (χ2v) is 8.61. The van der Waals surface area contributed by atoms with E-state index in [0.717, 1.165) is 49.4 Å². The van der Waals surface area contributed by atoms with Gasteiger partial charge in [-0.2, -0.15) is 0 Å². The molecule has 3 heterocycles. The largest absolute Gasteiger partial charge is 0.507 e. The number of nitrogens with zero attached hydrogens (tertiary/aromatic N) is 3. The summed E-state index contributed by atoms with van der Waals surface area (Å²) in [5.41, 5.74) is 2.39. The van der Waals surface area contributed by atoms with Crippen LogP contribution in [0.3, 0.4) is 0 Å². The number of amides is 1. The van der Waals surface area contributed by atoms with Gasteiger partial charge in [0.15, 0.2) is 0 Å². The first kappa shape index (κ1) is 23.0. The van der Waals surface area contributed by atoms with Crippen molar-refractivity contribution in [2.24, 2.45) is 0 Å². The number of aliphatic hydroxyl groups excluding tert-OH is 1. The summed E-state index contributed by atoms with van der Waals surface area (Å²) in [4.78, 5) is 34.2. The van der Waals surface area contributed by atoms with Crippen LogP contribution in [0.15, 0.2) is 48.3 Å². The molecule has 4 rings (SSSR count). The molecule has 2 unspecified atom stereocenters. The van der Waals surface area contributed by atoms with Crippen molar-refractivity contribution in [3.8, 4) is 5.75 Å². The molecule has 1 saturated heterocycles. The van der Waals surface area contributed by atoms with Gasteiger partial charge < -0.3 is 19.6 Å². The Morgan fingerprint density at radius 3 is 2.61 bits per heavy atom. The second-order valence-electron chi connectivity index (χ2n) is 8.61. The van der Waals surface area contributed by atoms with Gasteiger partial charge in [-0.3, -0.25) is 14.6 Å². The van der Waals surface area contributed by atoms with Crippen LogP contribution in [0.5, 0.6) is 5.75 Å². The van der Waals surface area contributed by atoms with Crippen LogP contribution in [0.25, 0.3) is 5.76 Å². The minimum absolute atomic E-state index is 0.0746. The van der Waals surface area contributed by atoms with Gasteiger partial charge in [-0.05, 0) is 74.4 Å². The van der Waals surface area contributed by atoms with Crippen molar-refractivity contribution in [1.29, 1.82) is 0 Å². The fraction of sp³-hybridized carbons (Fsp3) is 0.423. The molecule has 1 aromatic carbocycles. The van der Waals surface area contributed by atoms with Gasteiger partial charge in [-0.25, -0.2) is 0 Å². The maximum absolute atomic E-state index is 13.1. The Kier molecular flexibility index (Phi) is 6.79. The summed E-state index contributed by atoms with van der Waals surface area (Å²) in [7, 11) is 0. The fourth-order valence-electron chi connectivity index (χ4n) is 4.73.